The Bertz CT molecular complexity index is 459. The molecule has 1 aromatic rings. The van der Waals surface area contributed by atoms with Gasteiger partial charge in [-0.05, 0) is 33.1 Å². The Balaban J connectivity index is 2.22. The number of thiazole rings is 1. The summed E-state index contributed by atoms with van der Waals surface area (Å²) in [7, 11) is 0. The van der Waals surface area contributed by atoms with Crippen molar-refractivity contribution in [3.05, 3.63) is 10.6 Å². The molecule has 2 heterocycles. The zero-order valence-electron chi connectivity index (χ0n) is 12.6. The number of carbonyl (C=O) groups is 1. The van der Waals surface area contributed by atoms with Crippen LogP contribution in [-0.2, 0) is 4.74 Å². The van der Waals surface area contributed by atoms with Crippen LogP contribution >= 0.6 is 11.3 Å². The van der Waals surface area contributed by atoms with Crippen molar-refractivity contribution in [1.29, 1.82) is 0 Å². The molecule has 1 unspecified atom stereocenters. The topological polar surface area (TPSA) is 42.4 Å². The molecule has 1 aromatic heterocycles. The van der Waals surface area contributed by atoms with E-state index in [2.05, 4.69) is 16.8 Å². The predicted octanol–water partition coefficient (Wildman–Crippen LogP) is 3.79. The Labute approximate surface area is 125 Å². The van der Waals surface area contributed by atoms with Gasteiger partial charge >= 0.3 is 5.97 Å². The van der Waals surface area contributed by atoms with Gasteiger partial charge < -0.3 is 9.64 Å². The Morgan fingerprint density at radius 3 is 2.90 bits per heavy atom. The van der Waals surface area contributed by atoms with Gasteiger partial charge in [-0.15, -0.1) is 11.3 Å². The first kappa shape index (κ1) is 15.3. The fourth-order valence-electron chi connectivity index (χ4n) is 2.75. The van der Waals surface area contributed by atoms with Crippen LogP contribution in [0.25, 0.3) is 0 Å². The minimum absolute atomic E-state index is 0.296. The molecular formula is C15H24N2O2S. The Hall–Kier alpha value is -1.10. The van der Waals surface area contributed by atoms with Crippen molar-refractivity contribution in [3.63, 3.8) is 0 Å². The zero-order chi connectivity index (χ0) is 14.5. The molecule has 0 aromatic carbocycles. The van der Waals surface area contributed by atoms with Crippen molar-refractivity contribution < 1.29 is 9.53 Å². The summed E-state index contributed by atoms with van der Waals surface area (Å²) >= 11 is 1.62. The first-order chi connectivity index (χ1) is 9.67. The smallest absolute Gasteiger partial charge is 0.358 e. The number of nitrogens with zero attached hydrogens (tertiary/aromatic N) is 2. The summed E-state index contributed by atoms with van der Waals surface area (Å²) < 4.78 is 5.07. The summed E-state index contributed by atoms with van der Waals surface area (Å²) in [6.45, 7) is 7.45. The van der Waals surface area contributed by atoms with Gasteiger partial charge in [0.25, 0.3) is 0 Å². The monoisotopic (exact) mass is 296 g/mol. The van der Waals surface area contributed by atoms with Crippen LogP contribution < -0.4 is 4.90 Å². The molecule has 0 aliphatic carbocycles. The van der Waals surface area contributed by atoms with E-state index in [9.17, 15) is 4.79 Å². The molecule has 2 rings (SSSR count). The summed E-state index contributed by atoms with van der Waals surface area (Å²) in [6, 6.07) is 0.554. The number of carbonyl (C=O) groups excluding carboxylic acids is 1. The van der Waals surface area contributed by atoms with Crippen LogP contribution in [0.15, 0.2) is 0 Å². The van der Waals surface area contributed by atoms with E-state index < -0.39 is 0 Å². The van der Waals surface area contributed by atoms with E-state index in [4.69, 9.17) is 4.74 Å². The molecule has 1 aliphatic rings. The molecule has 1 aliphatic heterocycles. The lowest BCUT2D eigenvalue weighted by Gasteiger charge is -2.28. The summed E-state index contributed by atoms with van der Waals surface area (Å²) in [5.41, 5.74) is 0.492. The molecular weight excluding hydrogens is 272 g/mol. The van der Waals surface area contributed by atoms with Crippen molar-refractivity contribution in [2.45, 2.75) is 58.9 Å². The van der Waals surface area contributed by atoms with Crippen molar-refractivity contribution in [3.8, 4) is 0 Å². The molecule has 0 N–H and O–H groups in total. The van der Waals surface area contributed by atoms with E-state index in [0.717, 1.165) is 23.0 Å². The second-order valence-electron chi connectivity index (χ2n) is 5.23. The van der Waals surface area contributed by atoms with E-state index in [0.29, 0.717) is 18.3 Å². The van der Waals surface area contributed by atoms with Gasteiger partial charge in [0, 0.05) is 17.5 Å². The van der Waals surface area contributed by atoms with Crippen LogP contribution in [0.4, 0.5) is 5.13 Å². The third kappa shape index (κ3) is 3.32. The van der Waals surface area contributed by atoms with Crippen LogP contribution in [0.3, 0.4) is 0 Å². The molecule has 4 nitrogen and oxygen atoms in total. The molecule has 0 saturated carbocycles. The first-order valence-electron chi connectivity index (χ1n) is 7.58. The highest BCUT2D eigenvalue weighted by molar-refractivity contribution is 7.15. The molecule has 1 fully saturated rings. The van der Waals surface area contributed by atoms with Crippen LogP contribution in [0.1, 0.15) is 61.3 Å². The maximum Gasteiger partial charge on any atom is 0.358 e. The van der Waals surface area contributed by atoms with Crippen LogP contribution in [0.2, 0.25) is 0 Å². The molecule has 0 radical (unpaired) electrons. The highest BCUT2D eigenvalue weighted by Gasteiger charge is 2.25. The third-order valence-electron chi connectivity index (χ3n) is 3.85. The number of aromatic nitrogens is 1. The molecule has 5 heteroatoms. The number of hydrogen-bond acceptors (Lipinski definition) is 5. The number of rotatable bonds is 4. The Morgan fingerprint density at radius 1 is 1.40 bits per heavy atom. The molecule has 0 amide bonds. The van der Waals surface area contributed by atoms with Gasteiger partial charge in [-0.25, -0.2) is 9.78 Å². The van der Waals surface area contributed by atoms with Gasteiger partial charge in [-0.1, -0.05) is 19.8 Å². The molecule has 1 saturated heterocycles. The van der Waals surface area contributed by atoms with Crippen molar-refractivity contribution >= 4 is 22.4 Å². The number of aryl methyl sites for hydroxylation is 1. The van der Waals surface area contributed by atoms with E-state index >= 15 is 0 Å². The minimum Gasteiger partial charge on any atom is -0.461 e. The lowest BCUT2D eigenvalue weighted by atomic mass is 10.1. The zero-order valence-corrected chi connectivity index (χ0v) is 13.5. The first-order valence-corrected chi connectivity index (χ1v) is 8.40. The van der Waals surface area contributed by atoms with E-state index in [-0.39, 0.29) is 5.97 Å². The normalized spacial score (nSPS) is 19.8. The van der Waals surface area contributed by atoms with Gasteiger partial charge in [-0.2, -0.15) is 0 Å². The van der Waals surface area contributed by atoms with Crippen LogP contribution in [-0.4, -0.2) is 30.1 Å². The molecule has 112 valence electrons. The van der Waals surface area contributed by atoms with Crippen molar-refractivity contribution in [2.75, 3.05) is 18.1 Å². The maximum absolute atomic E-state index is 11.9. The molecule has 20 heavy (non-hydrogen) atoms. The van der Waals surface area contributed by atoms with Crippen molar-refractivity contribution in [2.24, 2.45) is 0 Å². The molecule has 1 atom stereocenters. The Kier molecular flexibility index (Phi) is 5.40. The van der Waals surface area contributed by atoms with E-state index in [1.807, 2.05) is 13.8 Å². The van der Waals surface area contributed by atoms with E-state index in [1.54, 1.807) is 11.3 Å². The maximum atomic E-state index is 11.9. The second-order valence-corrected chi connectivity index (χ2v) is 6.41. The molecule has 0 bridgehead atoms. The third-order valence-corrected chi connectivity index (χ3v) is 4.86. The van der Waals surface area contributed by atoms with Crippen molar-refractivity contribution in [1.82, 2.24) is 4.98 Å². The summed E-state index contributed by atoms with van der Waals surface area (Å²) in [5, 5.41) is 0.985. The highest BCUT2D eigenvalue weighted by atomic mass is 32.1. The van der Waals surface area contributed by atoms with Gasteiger partial charge in [0.15, 0.2) is 10.8 Å². The molecule has 0 spiro atoms. The fourth-order valence-corrected chi connectivity index (χ4v) is 3.74. The summed E-state index contributed by atoms with van der Waals surface area (Å²) in [4.78, 5) is 19.8. The second kappa shape index (κ2) is 7.07. The summed E-state index contributed by atoms with van der Waals surface area (Å²) in [5.74, 6) is -0.296. The number of ether oxygens (including phenoxy) is 1. The van der Waals surface area contributed by atoms with Gasteiger partial charge in [0.2, 0.25) is 0 Å². The average Bonchev–Trinajstić information content (AvgIpc) is 2.68. The standard InChI is InChI=1S/C15H24N2O2S/c1-4-12-9-7-6-8-10-17(12)15-16-13(11(3)20-15)14(18)19-5-2/h12H,4-10H2,1-3H3. The highest BCUT2D eigenvalue weighted by Crippen LogP contribution is 2.31. The minimum atomic E-state index is -0.296. The number of hydrogen-bond donors (Lipinski definition) is 0. The quantitative estimate of drug-likeness (QED) is 0.793. The van der Waals surface area contributed by atoms with Crippen LogP contribution in [0.5, 0.6) is 0 Å². The predicted molar refractivity (Wildman–Crippen MR) is 82.7 cm³/mol. The van der Waals surface area contributed by atoms with Gasteiger partial charge in [-0.3, -0.25) is 0 Å². The van der Waals surface area contributed by atoms with E-state index in [1.165, 1.54) is 25.7 Å². The van der Waals surface area contributed by atoms with Gasteiger partial charge in [0.1, 0.15) is 0 Å². The van der Waals surface area contributed by atoms with Crippen LogP contribution in [0, 0.1) is 6.92 Å². The number of esters is 1. The lowest BCUT2D eigenvalue weighted by molar-refractivity contribution is 0.0519. The summed E-state index contributed by atoms with van der Waals surface area (Å²) in [6.07, 6.45) is 6.16. The number of anilines is 1. The largest absolute Gasteiger partial charge is 0.461 e. The Morgan fingerprint density at radius 2 is 2.20 bits per heavy atom. The fraction of sp³-hybridized carbons (Fsp3) is 0.733. The SMILES string of the molecule is CCOC(=O)c1nc(N2CCCCCC2CC)sc1C. The average molecular weight is 296 g/mol. The van der Waals surface area contributed by atoms with Gasteiger partial charge in [0.05, 0.1) is 6.61 Å². The lowest BCUT2D eigenvalue weighted by Crippen LogP contribution is -2.34.